The number of aliphatic hydroxyl groups is 2. The number of ether oxygens (including phenoxy) is 2. The molecule has 0 amide bonds. The Labute approximate surface area is 238 Å². The molecule has 0 spiro atoms. The Morgan fingerprint density at radius 1 is 0.615 bits per heavy atom. The Morgan fingerprint density at radius 3 is 1.72 bits per heavy atom. The van der Waals surface area contributed by atoms with Crippen molar-refractivity contribution in [3.05, 3.63) is 48.6 Å². The molecule has 0 bridgehead atoms. The number of rotatable bonds is 27. The first kappa shape index (κ1) is 36.8. The van der Waals surface area contributed by atoms with Crippen molar-refractivity contribution < 1.29 is 29.3 Å². The van der Waals surface area contributed by atoms with Crippen molar-refractivity contribution in [3.63, 3.8) is 0 Å². The van der Waals surface area contributed by atoms with Gasteiger partial charge in [0.05, 0.1) is 6.61 Å². The van der Waals surface area contributed by atoms with Crippen LogP contribution in [0.25, 0.3) is 0 Å². The second kappa shape index (κ2) is 30.4. The van der Waals surface area contributed by atoms with E-state index in [0.717, 1.165) is 70.6 Å². The van der Waals surface area contributed by atoms with Gasteiger partial charge in [0.1, 0.15) is 6.61 Å². The van der Waals surface area contributed by atoms with Crippen molar-refractivity contribution in [1.29, 1.82) is 0 Å². The molecule has 0 heterocycles. The maximum atomic E-state index is 12.0. The van der Waals surface area contributed by atoms with Crippen LogP contribution in [0.15, 0.2) is 48.6 Å². The average Bonchev–Trinajstić information content (AvgIpc) is 2.94. The van der Waals surface area contributed by atoms with Crippen LogP contribution < -0.4 is 0 Å². The third kappa shape index (κ3) is 28.6. The van der Waals surface area contributed by atoms with Gasteiger partial charge in [0.2, 0.25) is 0 Å². The quantitative estimate of drug-likeness (QED) is 0.0621. The molecule has 0 fully saturated rings. The van der Waals surface area contributed by atoms with Gasteiger partial charge < -0.3 is 19.7 Å². The van der Waals surface area contributed by atoms with Gasteiger partial charge in [0.25, 0.3) is 0 Å². The Balaban J connectivity index is 3.74. The molecule has 0 radical (unpaired) electrons. The molecule has 1 atom stereocenters. The number of allylic oxidation sites excluding steroid dienone is 8. The summed E-state index contributed by atoms with van der Waals surface area (Å²) in [6, 6.07) is 0. The fraction of sp³-hybridized carbons (Fsp3) is 0.697. The second-order valence-corrected chi connectivity index (χ2v) is 9.91. The summed E-state index contributed by atoms with van der Waals surface area (Å²) in [4.78, 5) is 23.9. The molecule has 0 saturated heterocycles. The molecule has 0 aliphatic heterocycles. The highest BCUT2D eigenvalue weighted by atomic mass is 16.6. The zero-order chi connectivity index (χ0) is 28.7. The molecule has 0 aliphatic carbocycles. The van der Waals surface area contributed by atoms with Crippen LogP contribution in [0.2, 0.25) is 0 Å². The number of hydrogen-bond donors (Lipinski definition) is 2. The predicted octanol–water partition coefficient (Wildman–Crippen LogP) is 7.69. The SMILES string of the molecule is CCCCCCCCCC(=O)OC[C@H](CO)OC(=O)CCC/C=C\C/C=C\C/C=C\C/C=C\CCCCCO. The van der Waals surface area contributed by atoms with E-state index in [1.807, 2.05) is 0 Å². The fourth-order valence-corrected chi connectivity index (χ4v) is 3.82. The standard InChI is InChI=1S/C33H56O6/c1-2-3-4-5-17-20-23-26-32(36)38-30-31(29-35)39-33(37)27-24-21-18-15-13-11-9-7-6-8-10-12-14-16-19-22-25-28-34/h6,8-9,11-12,14-15,18,31,34-35H,2-5,7,10,13,16-17,19-30H2,1H3/b8-6-,11-9-,14-12-,18-15-/t31-/m0/s1. The fourth-order valence-electron chi connectivity index (χ4n) is 3.82. The average molecular weight is 549 g/mol. The molecule has 0 rings (SSSR count). The monoisotopic (exact) mass is 548 g/mol. The van der Waals surface area contributed by atoms with E-state index >= 15 is 0 Å². The minimum absolute atomic E-state index is 0.0954. The van der Waals surface area contributed by atoms with Crippen molar-refractivity contribution in [2.45, 2.75) is 129 Å². The van der Waals surface area contributed by atoms with E-state index in [1.54, 1.807) is 0 Å². The van der Waals surface area contributed by atoms with Crippen molar-refractivity contribution in [1.82, 2.24) is 0 Å². The Kier molecular flexibility index (Phi) is 28.7. The molecule has 6 nitrogen and oxygen atoms in total. The molecule has 39 heavy (non-hydrogen) atoms. The van der Waals surface area contributed by atoms with E-state index in [9.17, 15) is 14.7 Å². The Morgan fingerprint density at radius 2 is 1.13 bits per heavy atom. The summed E-state index contributed by atoms with van der Waals surface area (Å²) in [6.07, 6.45) is 33.3. The third-order valence-electron chi connectivity index (χ3n) is 6.18. The van der Waals surface area contributed by atoms with Gasteiger partial charge in [-0.1, -0.05) is 100 Å². The molecule has 0 aromatic carbocycles. The van der Waals surface area contributed by atoms with Gasteiger partial charge in [-0.2, -0.15) is 0 Å². The summed E-state index contributed by atoms with van der Waals surface area (Å²) < 4.78 is 10.4. The number of carbonyl (C=O) groups excluding carboxylic acids is 2. The summed E-state index contributed by atoms with van der Waals surface area (Å²) in [6.45, 7) is 2.03. The molecule has 0 unspecified atom stereocenters. The van der Waals surface area contributed by atoms with Gasteiger partial charge in [-0.05, 0) is 57.8 Å². The molecular formula is C33H56O6. The zero-order valence-corrected chi connectivity index (χ0v) is 24.6. The lowest BCUT2D eigenvalue weighted by molar-refractivity contribution is -0.161. The summed E-state index contributed by atoms with van der Waals surface area (Å²) in [5.41, 5.74) is 0. The smallest absolute Gasteiger partial charge is 0.306 e. The van der Waals surface area contributed by atoms with Gasteiger partial charge in [-0.15, -0.1) is 0 Å². The molecule has 6 heteroatoms. The maximum absolute atomic E-state index is 12.0. The molecule has 0 aromatic heterocycles. The van der Waals surface area contributed by atoms with Crippen LogP contribution in [0.5, 0.6) is 0 Å². The topological polar surface area (TPSA) is 93.1 Å². The predicted molar refractivity (Wildman–Crippen MR) is 160 cm³/mol. The van der Waals surface area contributed by atoms with Gasteiger partial charge in [0, 0.05) is 19.4 Å². The summed E-state index contributed by atoms with van der Waals surface area (Å²) >= 11 is 0. The van der Waals surface area contributed by atoms with E-state index < -0.39 is 6.10 Å². The van der Waals surface area contributed by atoms with E-state index in [4.69, 9.17) is 14.6 Å². The molecule has 0 aliphatic rings. The minimum Gasteiger partial charge on any atom is -0.462 e. The van der Waals surface area contributed by atoms with Crippen LogP contribution in [0.3, 0.4) is 0 Å². The third-order valence-corrected chi connectivity index (χ3v) is 6.18. The molecule has 0 aromatic rings. The number of aliphatic hydroxyl groups excluding tert-OH is 2. The van der Waals surface area contributed by atoms with E-state index in [2.05, 4.69) is 55.5 Å². The van der Waals surface area contributed by atoms with Crippen molar-refractivity contribution >= 4 is 11.9 Å². The summed E-state index contributed by atoms with van der Waals surface area (Å²) in [7, 11) is 0. The van der Waals surface area contributed by atoms with Crippen molar-refractivity contribution in [3.8, 4) is 0 Å². The normalized spacial score (nSPS) is 12.8. The van der Waals surface area contributed by atoms with E-state index in [1.165, 1.54) is 25.7 Å². The largest absolute Gasteiger partial charge is 0.462 e. The van der Waals surface area contributed by atoms with Crippen LogP contribution in [0.4, 0.5) is 0 Å². The highest BCUT2D eigenvalue weighted by Gasteiger charge is 2.15. The Hall–Kier alpha value is -2.18. The van der Waals surface area contributed by atoms with Gasteiger partial charge >= 0.3 is 11.9 Å². The number of carbonyl (C=O) groups is 2. The highest BCUT2D eigenvalue weighted by molar-refractivity contribution is 5.70. The van der Waals surface area contributed by atoms with Crippen LogP contribution in [-0.4, -0.2) is 48.1 Å². The first-order chi connectivity index (χ1) is 19.1. The lowest BCUT2D eigenvalue weighted by Gasteiger charge is -2.15. The molecule has 224 valence electrons. The first-order valence-corrected chi connectivity index (χ1v) is 15.3. The minimum atomic E-state index is -0.802. The van der Waals surface area contributed by atoms with Crippen LogP contribution >= 0.6 is 0 Å². The van der Waals surface area contributed by atoms with Gasteiger partial charge in [0.15, 0.2) is 6.10 Å². The lowest BCUT2D eigenvalue weighted by Crippen LogP contribution is -2.28. The number of esters is 2. The molecule has 0 saturated carbocycles. The number of hydrogen-bond acceptors (Lipinski definition) is 6. The second-order valence-electron chi connectivity index (χ2n) is 9.91. The summed E-state index contributed by atoms with van der Waals surface area (Å²) in [5.74, 6) is -0.684. The van der Waals surface area contributed by atoms with Crippen LogP contribution in [0.1, 0.15) is 122 Å². The van der Waals surface area contributed by atoms with Crippen molar-refractivity contribution in [2.24, 2.45) is 0 Å². The first-order valence-electron chi connectivity index (χ1n) is 15.3. The summed E-state index contributed by atoms with van der Waals surface area (Å²) in [5, 5.41) is 18.2. The van der Waals surface area contributed by atoms with Gasteiger partial charge in [-0.3, -0.25) is 9.59 Å². The Bertz CT molecular complexity index is 680. The molecular weight excluding hydrogens is 492 g/mol. The van der Waals surface area contributed by atoms with Gasteiger partial charge in [-0.25, -0.2) is 0 Å². The zero-order valence-electron chi connectivity index (χ0n) is 24.6. The highest BCUT2D eigenvalue weighted by Crippen LogP contribution is 2.09. The van der Waals surface area contributed by atoms with Crippen LogP contribution in [0, 0.1) is 0 Å². The number of unbranched alkanes of at least 4 members (excludes halogenated alkanes) is 10. The van der Waals surface area contributed by atoms with E-state index in [0.29, 0.717) is 19.4 Å². The van der Waals surface area contributed by atoms with Crippen LogP contribution in [-0.2, 0) is 19.1 Å². The van der Waals surface area contributed by atoms with Crippen molar-refractivity contribution in [2.75, 3.05) is 19.8 Å². The van der Waals surface area contributed by atoms with E-state index in [-0.39, 0.29) is 31.6 Å². The lowest BCUT2D eigenvalue weighted by atomic mass is 10.1. The maximum Gasteiger partial charge on any atom is 0.306 e. The molecule has 2 N–H and O–H groups in total.